The van der Waals surface area contributed by atoms with Crippen molar-refractivity contribution >= 4 is 27.4 Å². The maximum Gasteiger partial charge on any atom is 0.167 e. The zero-order chi connectivity index (χ0) is 15.7. The van der Waals surface area contributed by atoms with Crippen molar-refractivity contribution < 1.29 is 0 Å². The smallest absolute Gasteiger partial charge is 0.167 e. The van der Waals surface area contributed by atoms with Crippen LogP contribution in [0, 0.1) is 25.2 Å². The zero-order valence-electron chi connectivity index (χ0n) is 12.1. The summed E-state index contributed by atoms with van der Waals surface area (Å²) in [5.74, 6) is 0.490. The van der Waals surface area contributed by atoms with Crippen LogP contribution in [-0.4, -0.2) is 19.6 Å². The fourth-order valence-corrected chi connectivity index (χ4v) is 2.50. The summed E-state index contributed by atoms with van der Waals surface area (Å²) in [6.07, 6.45) is 3.88. The molecule has 0 amide bonds. The van der Waals surface area contributed by atoms with Gasteiger partial charge in [-0.05, 0) is 47.5 Å². The molecule has 3 heterocycles. The van der Waals surface area contributed by atoms with Crippen LogP contribution in [0.3, 0.4) is 0 Å². The van der Waals surface area contributed by atoms with Gasteiger partial charge in [-0.25, -0.2) is 4.98 Å². The molecule has 0 aromatic carbocycles. The zero-order valence-corrected chi connectivity index (χ0v) is 13.7. The van der Waals surface area contributed by atoms with Gasteiger partial charge in [-0.3, -0.25) is 0 Å². The van der Waals surface area contributed by atoms with E-state index in [2.05, 4.69) is 42.5 Å². The number of nitrogens with zero attached hydrogens (tertiary/aromatic N) is 5. The lowest BCUT2D eigenvalue weighted by Crippen LogP contribution is -2.07. The second-order valence-electron chi connectivity index (χ2n) is 4.94. The standard InChI is InChI=1S/C15H13BrN6/c1-9-10(2)20-21-15(13(9)5-17)18-6-12-8-22-7-11(16)3-4-14(22)19-12/h3-4,7-8H,6H2,1-2H3,(H,18,21). The van der Waals surface area contributed by atoms with Crippen molar-refractivity contribution in [2.75, 3.05) is 5.32 Å². The summed E-state index contributed by atoms with van der Waals surface area (Å²) in [5, 5.41) is 20.5. The number of imidazole rings is 1. The van der Waals surface area contributed by atoms with Crippen LogP contribution in [0.1, 0.15) is 22.5 Å². The van der Waals surface area contributed by atoms with E-state index in [0.717, 1.165) is 27.1 Å². The van der Waals surface area contributed by atoms with E-state index in [1.54, 1.807) is 0 Å². The first-order valence-electron chi connectivity index (χ1n) is 6.69. The van der Waals surface area contributed by atoms with Gasteiger partial charge < -0.3 is 9.72 Å². The number of nitriles is 1. The van der Waals surface area contributed by atoms with Gasteiger partial charge in [0, 0.05) is 16.9 Å². The molecule has 110 valence electrons. The largest absolute Gasteiger partial charge is 0.362 e. The first-order chi connectivity index (χ1) is 10.6. The lowest BCUT2D eigenvalue weighted by atomic mass is 10.1. The number of fused-ring (bicyclic) bond motifs is 1. The number of hydrogen-bond acceptors (Lipinski definition) is 5. The third kappa shape index (κ3) is 2.65. The van der Waals surface area contributed by atoms with Gasteiger partial charge >= 0.3 is 0 Å². The van der Waals surface area contributed by atoms with Gasteiger partial charge in [-0.2, -0.15) is 10.4 Å². The Hall–Kier alpha value is -2.46. The molecule has 0 unspecified atom stereocenters. The van der Waals surface area contributed by atoms with Crippen LogP contribution in [0.5, 0.6) is 0 Å². The molecule has 6 nitrogen and oxygen atoms in total. The summed E-state index contributed by atoms with van der Waals surface area (Å²) in [6.45, 7) is 4.19. The van der Waals surface area contributed by atoms with Crippen molar-refractivity contribution in [3.05, 3.63) is 51.5 Å². The van der Waals surface area contributed by atoms with E-state index in [1.165, 1.54) is 0 Å². The summed E-state index contributed by atoms with van der Waals surface area (Å²) in [6, 6.07) is 6.06. The van der Waals surface area contributed by atoms with Gasteiger partial charge in [-0.15, -0.1) is 5.10 Å². The summed E-state index contributed by atoms with van der Waals surface area (Å²) >= 11 is 3.43. The van der Waals surface area contributed by atoms with E-state index < -0.39 is 0 Å². The average Bonchev–Trinajstić information content (AvgIpc) is 2.90. The van der Waals surface area contributed by atoms with Crippen molar-refractivity contribution in [2.45, 2.75) is 20.4 Å². The SMILES string of the molecule is Cc1nnc(NCc2cn3cc(Br)ccc3n2)c(C#N)c1C. The highest BCUT2D eigenvalue weighted by Gasteiger charge is 2.11. The molecular formula is C15H13BrN6. The van der Waals surface area contributed by atoms with E-state index in [1.807, 2.05) is 42.8 Å². The van der Waals surface area contributed by atoms with Crippen LogP contribution in [0.25, 0.3) is 5.65 Å². The number of aryl methyl sites for hydroxylation is 1. The molecule has 22 heavy (non-hydrogen) atoms. The predicted molar refractivity (Wildman–Crippen MR) is 86.4 cm³/mol. The van der Waals surface area contributed by atoms with Gasteiger partial charge in [0.05, 0.1) is 17.9 Å². The van der Waals surface area contributed by atoms with Gasteiger partial charge in [0.15, 0.2) is 5.82 Å². The number of nitrogens with one attached hydrogen (secondary N) is 1. The van der Waals surface area contributed by atoms with Crippen LogP contribution in [-0.2, 0) is 6.54 Å². The Morgan fingerprint density at radius 2 is 2.09 bits per heavy atom. The number of halogens is 1. The molecule has 0 aliphatic rings. The molecule has 0 radical (unpaired) electrons. The first kappa shape index (κ1) is 14.5. The van der Waals surface area contributed by atoms with E-state index in [4.69, 9.17) is 0 Å². The van der Waals surface area contributed by atoms with Gasteiger partial charge in [0.25, 0.3) is 0 Å². The number of pyridine rings is 1. The van der Waals surface area contributed by atoms with Crippen molar-refractivity contribution in [3.8, 4) is 6.07 Å². The highest BCUT2D eigenvalue weighted by molar-refractivity contribution is 9.10. The predicted octanol–water partition coefficient (Wildman–Crippen LogP) is 2.99. The maximum atomic E-state index is 9.28. The molecule has 3 aromatic rings. The van der Waals surface area contributed by atoms with E-state index in [0.29, 0.717) is 17.9 Å². The molecule has 0 spiro atoms. The lowest BCUT2D eigenvalue weighted by Gasteiger charge is -2.08. The van der Waals surface area contributed by atoms with Crippen molar-refractivity contribution in [2.24, 2.45) is 0 Å². The molecule has 0 atom stereocenters. The highest BCUT2D eigenvalue weighted by atomic mass is 79.9. The molecule has 0 saturated carbocycles. The third-order valence-corrected chi connectivity index (χ3v) is 3.94. The maximum absolute atomic E-state index is 9.28. The van der Waals surface area contributed by atoms with Crippen molar-refractivity contribution in [3.63, 3.8) is 0 Å². The minimum Gasteiger partial charge on any atom is -0.362 e. The Morgan fingerprint density at radius 3 is 2.86 bits per heavy atom. The van der Waals surface area contributed by atoms with Crippen molar-refractivity contribution in [1.82, 2.24) is 19.6 Å². The van der Waals surface area contributed by atoms with Crippen molar-refractivity contribution in [1.29, 1.82) is 5.26 Å². The third-order valence-electron chi connectivity index (χ3n) is 3.47. The second-order valence-corrected chi connectivity index (χ2v) is 5.86. The van der Waals surface area contributed by atoms with Crippen LogP contribution < -0.4 is 5.32 Å². The summed E-state index contributed by atoms with van der Waals surface area (Å²) in [7, 11) is 0. The molecule has 3 rings (SSSR count). The Morgan fingerprint density at radius 1 is 1.27 bits per heavy atom. The second kappa shape index (κ2) is 5.73. The van der Waals surface area contributed by atoms with Gasteiger partial charge in [0.2, 0.25) is 0 Å². The van der Waals surface area contributed by atoms with Gasteiger partial charge in [-0.1, -0.05) is 0 Å². The summed E-state index contributed by atoms with van der Waals surface area (Å²) in [4.78, 5) is 4.51. The van der Waals surface area contributed by atoms with Crippen LogP contribution >= 0.6 is 15.9 Å². The van der Waals surface area contributed by atoms with E-state index >= 15 is 0 Å². The Labute approximate surface area is 136 Å². The topological polar surface area (TPSA) is 78.9 Å². The van der Waals surface area contributed by atoms with E-state index in [9.17, 15) is 5.26 Å². The highest BCUT2D eigenvalue weighted by Crippen LogP contribution is 2.18. The first-order valence-corrected chi connectivity index (χ1v) is 7.49. The van der Waals surface area contributed by atoms with E-state index in [-0.39, 0.29) is 0 Å². The molecule has 0 fully saturated rings. The molecular weight excluding hydrogens is 344 g/mol. The molecule has 0 bridgehead atoms. The molecule has 3 aromatic heterocycles. The normalized spacial score (nSPS) is 10.6. The quantitative estimate of drug-likeness (QED) is 0.780. The molecule has 0 aliphatic heterocycles. The molecule has 0 saturated heterocycles. The fraction of sp³-hybridized carbons (Fsp3) is 0.200. The van der Waals surface area contributed by atoms with Crippen LogP contribution in [0.15, 0.2) is 29.0 Å². The fourth-order valence-electron chi connectivity index (χ4n) is 2.15. The number of rotatable bonds is 3. The summed E-state index contributed by atoms with van der Waals surface area (Å²) in [5.41, 5.74) is 3.87. The summed E-state index contributed by atoms with van der Waals surface area (Å²) < 4.78 is 2.93. The molecule has 0 aliphatic carbocycles. The molecule has 1 N–H and O–H groups in total. The Kier molecular flexibility index (Phi) is 3.77. The Balaban J connectivity index is 1.85. The van der Waals surface area contributed by atoms with Gasteiger partial charge in [0.1, 0.15) is 17.3 Å². The minimum absolute atomic E-state index is 0.477. The Bertz CT molecular complexity index is 893. The minimum atomic E-state index is 0.477. The monoisotopic (exact) mass is 356 g/mol. The average molecular weight is 357 g/mol. The number of aromatic nitrogens is 4. The number of anilines is 1. The lowest BCUT2D eigenvalue weighted by molar-refractivity contribution is 0.935. The molecule has 7 heteroatoms. The van der Waals surface area contributed by atoms with Crippen LogP contribution in [0.2, 0.25) is 0 Å². The van der Waals surface area contributed by atoms with Crippen LogP contribution in [0.4, 0.5) is 5.82 Å². The number of hydrogen-bond donors (Lipinski definition) is 1.